The summed E-state index contributed by atoms with van der Waals surface area (Å²) in [5, 5.41) is 10.7. The molecule has 29 heavy (non-hydrogen) atoms. The van der Waals surface area contributed by atoms with Gasteiger partial charge in [-0.2, -0.15) is 13.2 Å². The first-order valence-corrected chi connectivity index (χ1v) is 8.63. The highest BCUT2D eigenvalue weighted by molar-refractivity contribution is 5.66. The molecule has 0 aliphatic carbocycles. The predicted octanol–water partition coefficient (Wildman–Crippen LogP) is 4.69. The van der Waals surface area contributed by atoms with Crippen LogP contribution in [0.5, 0.6) is 5.75 Å². The van der Waals surface area contributed by atoms with E-state index in [1.165, 1.54) is 19.3 Å². The summed E-state index contributed by atoms with van der Waals surface area (Å²) < 4.78 is 74.5. The van der Waals surface area contributed by atoms with Gasteiger partial charge in [-0.3, -0.25) is 0 Å². The van der Waals surface area contributed by atoms with E-state index in [0.717, 1.165) is 13.2 Å². The Morgan fingerprint density at radius 2 is 1.79 bits per heavy atom. The van der Waals surface area contributed by atoms with Gasteiger partial charge in [0.2, 0.25) is 5.60 Å². The van der Waals surface area contributed by atoms with Crippen molar-refractivity contribution in [3.63, 3.8) is 0 Å². The van der Waals surface area contributed by atoms with E-state index < -0.39 is 34.5 Å². The van der Waals surface area contributed by atoms with E-state index in [2.05, 4.69) is 4.99 Å². The van der Waals surface area contributed by atoms with Gasteiger partial charge in [-0.15, -0.1) is 0 Å². The monoisotopic (exact) mass is 416 g/mol. The fourth-order valence-corrected chi connectivity index (χ4v) is 2.74. The largest absolute Gasteiger partial charge is 0.496 e. The molecule has 158 valence electrons. The second-order valence-electron chi connectivity index (χ2n) is 6.49. The van der Waals surface area contributed by atoms with Gasteiger partial charge in [-0.25, -0.2) is 13.8 Å². The van der Waals surface area contributed by atoms with Crippen LogP contribution in [0, 0.1) is 18.6 Å². The number of alkyl halides is 3. The Morgan fingerprint density at radius 1 is 1.14 bits per heavy atom. The van der Waals surface area contributed by atoms with Crippen molar-refractivity contribution in [3.05, 3.63) is 58.7 Å². The topological polar surface area (TPSA) is 45.1 Å². The Bertz CT molecular complexity index is 914. The average molecular weight is 416 g/mol. The molecule has 0 heterocycles. The van der Waals surface area contributed by atoms with Crippen LogP contribution in [0.3, 0.4) is 0 Å². The fraction of sp³-hybridized carbons (Fsp3) is 0.350. The number of aryl methyl sites for hydroxylation is 1. The zero-order valence-corrected chi connectivity index (χ0v) is 16.3. The van der Waals surface area contributed by atoms with Crippen LogP contribution in [-0.4, -0.2) is 43.2 Å². The van der Waals surface area contributed by atoms with Gasteiger partial charge in [0.05, 0.1) is 19.1 Å². The maximum Gasteiger partial charge on any atom is 0.426 e. The lowest BCUT2D eigenvalue weighted by molar-refractivity contribution is -0.249. The van der Waals surface area contributed by atoms with E-state index in [4.69, 9.17) is 4.74 Å². The van der Waals surface area contributed by atoms with Crippen LogP contribution in [0.2, 0.25) is 0 Å². The molecule has 1 N–H and O–H groups in total. The Hall–Kier alpha value is -2.68. The maximum atomic E-state index is 14.3. The SMILES string of the molecule is CCN(C)C=Nc1cc(OC)c(C(O)(c2ccc(F)cc2F)C(F)(F)F)cc1C. The highest BCUT2D eigenvalue weighted by atomic mass is 19.4. The van der Waals surface area contributed by atoms with E-state index in [0.29, 0.717) is 29.9 Å². The minimum absolute atomic E-state index is 0.282. The molecule has 0 fully saturated rings. The van der Waals surface area contributed by atoms with Crippen molar-refractivity contribution in [2.75, 3.05) is 20.7 Å². The molecule has 9 heteroatoms. The number of nitrogens with zero attached hydrogens (tertiary/aromatic N) is 2. The summed E-state index contributed by atoms with van der Waals surface area (Å²) in [5.41, 5.74) is -5.00. The van der Waals surface area contributed by atoms with Crippen LogP contribution in [0.4, 0.5) is 27.6 Å². The summed E-state index contributed by atoms with van der Waals surface area (Å²) in [6.07, 6.45) is -3.82. The molecule has 0 saturated heterocycles. The Labute approximate surface area is 165 Å². The lowest BCUT2D eigenvalue weighted by Gasteiger charge is -2.33. The molecule has 4 nitrogen and oxygen atoms in total. The summed E-state index contributed by atoms with van der Waals surface area (Å²) in [5.74, 6) is -2.94. The quantitative estimate of drug-likeness (QED) is 0.422. The zero-order valence-electron chi connectivity index (χ0n) is 16.3. The lowest BCUT2D eigenvalue weighted by atomic mass is 9.83. The van der Waals surface area contributed by atoms with Crippen LogP contribution < -0.4 is 4.74 Å². The van der Waals surface area contributed by atoms with Gasteiger partial charge in [-0.1, -0.05) is 0 Å². The van der Waals surface area contributed by atoms with Crippen molar-refractivity contribution >= 4 is 12.0 Å². The summed E-state index contributed by atoms with van der Waals surface area (Å²) >= 11 is 0. The smallest absolute Gasteiger partial charge is 0.426 e. The lowest BCUT2D eigenvalue weighted by Crippen LogP contribution is -2.44. The molecular formula is C20H21F5N2O2. The Kier molecular flexibility index (Phi) is 6.52. The van der Waals surface area contributed by atoms with Gasteiger partial charge in [0.1, 0.15) is 17.4 Å². The molecule has 0 saturated carbocycles. The van der Waals surface area contributed by atoms with Crippen molar-refractivity contribution in [1.82, 2.24) is 4.90 Å². The second-order valence-corrected chi connectivity index (χ2v) is 6.49. The molecule has 0 aromatic heterocycles. The number of ether oxygens (including phenoxy) is 1. The highest BCUT2D eigenvalue weighted by Gasteiger charge is 2.59. The Balaban J connectivity index is 2.75. The van der Waals surface area contributed by atoms with Crippen molar-refractivity contribution in [3.8, 4) is 5.75 Å². The summed E-state index contributed by atoms with van der Waals surface area (Å²) in [6.45, 7) is 4.05. The number of benzene rings is 2. The maximum absolute atomic E-state index is 14.3. The number of aliphatic imine (C=N–C) groups is 1. The molecule has 0 aliphatic heterocycles. The van der Waals surface area contributed by atoms with E-state index in [1.54, 1.807) is 11.9 Å². The first kappa shape index (κ1) is 22.6. The van der Waals surface area contributed by atoms with E-state index in [-0.39, 0.29) is 11.8 Å². The molecule has 1 atom stereocenters. The molecule has 0 bridgehead atoms. The molecule has 2 aromatic rings. The van der Waals surface area contributed by atoms with E-state index >= 15 is 0 Å². The van der Waals surface area contributed by atoms with Crippen molar-refractivity contribution in [2.24, 2.45) is 4.99 Å². The van der Waals surface area contributed by atoms with Crippen molar-refractivity contribution in [1.29, 1.82) is 0 Å². The minimum atomic E-state index is -5.32. The number of rotatable bonds is 6. The molecular weight excluding hydrogens is 395 g/mol. The van der Waals surface area contributed by atoms with Crippen LogP contribution in [-0.2, 0) is 5.60 Å². The van der Waals surface area contributed by atoms with E-state index in [9.17, 15) is 27.1 Å². The fourth-order valence-electron chi connectivity index (χ4n) is 2.74. The summed E-state index contributed by atoms with van der Waals surface area (Å²) in [7, 11) is 2.89. The first-order valence-electron chi connectivity index (χ1n) is 8.63. The molecule has 2 rings (SSSR count). The van der Waals surface area contributed by atoms with Crippen molar-refractivity contribution in [2.45, 2.75) is 25.6 Å². The Morgan fingerprint density at radius 3 is 2.31 bits per heavy atom. The number of halogens is 5. The van der Waals surface area contributed by atoms with Crippen LogP contribution in [0.1, 0.15) is 23.6 Å². The molecule has 0 spiro atoms. The number of methoxy groups -OCH3 is 1. The molecule has 0 aliphatic rings. The van der Waals surface area contributed by atoms with Gasteiger partial charge < -0.3 is 14.7 Å². The van der Waals surface area contributed by atoms with Gasteiger partial charge in [0, 0.05) is 36.9 Å². The van der Waals surface area contributed by atoms with Gasteiger partial charge >= 0.3 is 6.18 Å². The standard InChI is InChI=1S/C20H21F5N2O2/c1-5-27(3)11-26-17-10-18(29-4)15(8-12(17)2)19(28,20(23,24)25)14-7-6-13(21)9-16(14)22/h6-11,28H,5H2,1-4H3. The highest BCUT2D eigenvalue weighted by Crippen LogP contribution is 2.49. The molecule has 0 amide bonds. The van der Waals surface area contributed by atoms with E-state index in [1.807, 2.05) is 6.92 Å². The summed E-state index contributed by atoms with van der Waals surface area (Å²) in [6, 6.07) is 3.75. The normalized spacial score (nSPS) is 14.1. The van der Waals surface area contributed by atoms with Gasteiger partial charge in [0.15, 0.2) is 0 Å². The third-order valence-electron chi connectivity index (χ3n) is 4.53. The minimum Gasteiger partial charge on any atom is -0.496 e. The molecule has 0 radical (unpaired) electrons. The second kappa shape index (κ2) is 8.36. The molecule has 2 aromatic carbocycles. The number of aliphatic hydroxyl groups is 1. The van der Waals surface area contributed by atoms with Gasteiger partial charge in [-0.05, 0) is 37.6 Å². The van der Waals surface area contributed by atoms with Gasteiger partial charge in [0.25, 0.3) is 0 Å². The van der Waals surface area contributed by atoms with Crippen LogP contribution in [0.25, 0.3) is 0 Å². The van der Waals surface area contributed by atoms with Crippen LogP contribution in [0.15, 0.2) is 35.3 Å². The predicted molar refractivity (Wildman–Crippen MR) is 99.6 cm³/mol. The number of hydrogen-bond donors (Lipinski definition) is 1. The molecule has 1 unspecified atom stereocenters. The third-order valence-corrected chi connectivity index (χ3v) is 4.53. The summed E-state index contributed by atoms with van der Waals surface area (Å²) in [4.78, 5) is 5.96. The first-order chi connectivity index (χ1) is 13.4. The average Bonchev–Trinajstić information content (AvgIpc) is 2.65. The van der Waals surface area contributed by atoms with Crippen LogP contribution >= 0.6 is 0 Å². The zero-order chi connectivity index (χ0) is 22.0. The van der Waals surface area contributed by atoms with Crippen molar-refractivity contribution < 1.29 is 31.8 Å². The number of hydrogen-bond acceptors (Lipinski definition) is 3. The third kappa shape index (κ3) is 4.34.